The number of rotatable bonds is 5. The van der Waals surface area contributed by atoms with Crippen molar-refractivity contribution in [3.05, 3.63) is 42.5 Å². The van der Waals surface area contributed by atoms with Crippen molar-refractivity contribution in [3.63, 3.8) is 0 Å². The van der Waals surface area contributed by atoms with E-state index in [-0.39, 0.29) is 0 Å². The highest BCUT2D eigenvalue weighted by Crippen LogP contribution is 2.37. The highest BCUT2D eigenvalue weighted by atomic mass is 16.6. The molecule has 0 aliphatic carbocycles. The van der Waals surface area contributed by atoms with Crippen molar-refractivity contribution in [1.82, 2.24) is 5.43 Å². The maximum absolute atomic E-state index is 10.7. The zero-order chi connectivity index (χ0) is 13.9. The molecule has 0 saturated heterocycles. The molecule has 0 bridgehead atoms. The summed E-state index contributed by atoms with van der Waals surface area (Å²) in [4.78, 5) is 29.2. The van der Waals surface area contributed by atoms with Gasteiger partial charge in [-0.2, -0.15) is 0 Å². The minimum atomic E-state index is -0.945. The van der Waals surface area contributed by atoms with Gasteiger partial charge >= 0.3 is 11.4 Å². The SMILES string of the molecule is CNNc1c([N+](=O)[O-])cc([N+](=O)[O-])cc1[N+](=O)[O-]. The fraction of sp³-hybridized carbons (Fsp3) is 0.143. The van der Waals surface area contributed by atoms with Gasteiger partial charge in [-0.15, -0.1) is 0 Å². The van der Waals surface area contributed by atoms with Gasteiger partial charge in [0.15, 0.2) is 0 Å². The summed E-state index contributed by atoms with van der Waals surface area (Å²) in [5.41, 5.74) is 1.82. The van der Waals surface area contributed by atoms with E-state index in [2.05, 4.69) is 10.9 Å². The number of non-ortho nitro benzene ring substituents is 1. The van der Waals surface area contributed by atoms with Crippen molar-refractivity contribution < 1.29 is 14.8 Å². The molecule has 0 amide bonds. The van der Waals surface area contributed by atoms with Crippen LogP contribution in [0.5, 0.6) is 0 Å². The molecule has 0 aliphatic heterocycles. The van der Waals surface area contributed by atoms with Crippen LogP contribution >= 0.6 is 0 Å². The van der Waals surface area contributed by atoms with E-state index in [4.69, 9.17) is 0 Å². The summed E-state index contributed by atoms with van der Waals surface area (Å²) in [6.07, 6.45) is 0. The third-order valence-electron chi connectivity index (χ3n) is 1.94. The maximum Gasteiger partial charge on any atom is 0.307 e. The van der Waals surface area contributed by atoms with E-state index in [0.29, 0.717) is 12.1 Å². The lowest BCUT2D eigenvalue weighted by Gasteiger charge is -2.05. The molecule has 2 N–H and O–H groups in total. The lowest BCUT2D eigenvalue weighted by Crippen LogP contribution is -2.17. The quantitative estimate of drug-likeness (QED) is 0.583. The Hall–Kier alpha value is -2.82. The first kappa shape index (κ1) is 13.2. The molecular weight excluding hydrogens is 250 g/mol. The fourth-order valence-corrected chi connectivity index (χ4v) is 1.24. The van der Waals surface area contributed by atoms with E-state index in [1.807, 2.05) is 0 Å². The number of hydrazine groups is 1. The molecule has 96 valence electrons. The van der Waals surface area contributed by atoms with Gasteiger partial charge in [0.05, 0.1) is 26.9 Å². The highest BCUT2D eigenvalue weighted by Gasteiger charge is 2.30. The number of hydrogen-bond donors (Lipinski definition) is 2. The van der Waals surface area contributed by atoms with E-state index >= 15 is 0 Å². The predicted molar refractivity (Wildman–Crippen MR) is 59.1 cm³/mol. The van der Waals surface area contributed by atoms with Crippen LogP contribution in [0.4, 0.5) is 22.7 Å². The van der Waals surface area contributed by atoms with Gasteiger partial charge in [0.2, 0.25) is 5.69 Å². The van der Waals surface area contributed by atoms with E-state index in [1.165, 1.54) is 7.05 Å². The van der Waals surface area contributed by atoms with Crippen LogP contribution in [0.2, 0.25) is 0 Å². The number of nitrogens with zero attached hydrogens (tertiary/aromatic N) is 3. The molecule has 0 unspecified atom stereocenters. The van der Waals surface area contributed by atoms with Gasteiger partial charge < -0.3 is 5.43 Å². The summed E-state index contributed by atoms with van der Waals surface area (Å²) >= 11 is 0. The van der Waals surface area contributed by atoms with Crippen molar-refractivity contribution in [2.45, 2.75) is 0 Å². The van der Waals surface area contributed by atoms with E-state index in [9.17, 15) is 30.3 Å². The molecule has 0 atom stereocenters. The van der Waals surface area contributed by atoms with Crippen molar-refractivity contribution in [2.75, 3.05) is 12.5 Å². The van der Waals surface area contributed by atoms with Crippen LogP contribution in [0.15, 0.2) is 12.1 Å². The van der Waals surface area contributed by atoms with Crippen LogP contribution in [0.1, 0.15) is 0 Å². The highest BCUT2D eigenvalue weighted by molar-refractivity contribution is 5.76. The molecule has 0 spiro atoms. The van der Waals surface area contributed by atoms with Gasteiger partial charge in [0.1, 0.15) is 0 Å². The Labute approximate surface area is 98.8 Å². The van der Waals surface area contributed by atoms with Gasteiger partial charge in [-0.1, -0.05) is 0 Å². The number of benzene rings is 1. The average Bonchev–Trinajstić information content (AvgIpc) is 2.28. The minimum absolute atomic E-state index is 0.446. The Morgan fingerprint density at radius 3 is 1.67 bits per heavy atom. The average molecular weight is 257 g/mol. The van der Waals surface area contributed by atoms with Crippen molar-refractivity contribution in [3.8, 4) is 0 Å². The van der Waals surface area contributed by atoms with Crippen LogP contribution in [0, 0.1) is 30.3 Å². The van der Waals surface area contributed by atoms with Crippen molar-refractivity contribution >= 4 is 22.7 Å². The number of nitro groups is 3. The maximum atomic E-state index is 10.7. The van der Waals surface area contributed by atoms with Crippen molar-refractivity contribution in [1.29, 1.82) is 0 Å². The molecule has 0 heterocycles. The first-order valence-corrected chi connectivity index (χ1v) is 4.42. The third kappa shape index (κ3) is 2.46. The molecule has 0 radical (unpaired) electrons. The second-order valence-electron chi connectivity index (χ2n) is 3.01. The van der Waals surface area contributed by atoms with Gasteiger partial charge in [-0.3, -0.25) is 30.3 Å². The first-order valence-electron chi connectivity index (χ1n) is 4.42. The zero-order valence-corrected chi connectivity index (χ0v) is 8.95. The molecule has 0 aliphatic rings. The summed E-state index contributed by atoms with van der Waals surface area (Å²) in [5, 5.41) is 32.0. The Kier molecular flexibility index (Phi) is 3.68. The number of nitro benzene ring substituents is 3. The summed E-state index contributed by atoms with van der Waals surface area (Å²) in [6.45, 7) is 0. The molecular formula is C7H7N5O6. The van der Waals surface area contributed by atoms with Crippen molar-refractivity contribution in [2.24, 2.45) is 0 Å². The van der Waals surface area contributed by atoms with Crippen LogP contribution in [-0.2, 0) is 0 Å². The standard InChI is InChI=1S/C7H7N5O6/c1-8-9-7-5(11(15)16)2-4(10(13)14)3-6(7)12(17)18/h2-3,8-9H,1H3. The molecule has 11 heteroatoms. The molecule has 11 nitrogen and oxygen atoms in total. The minimum Gasteiger partial charge on any atom is -0.310 e. The predicted octanol–water partition coefficient (Wildman–Crippen LogP) is 0.957. The third-order valence-corrected chi connectivity index (χ3v) is 1.94. The van der Waals surface area contributed by atoms with E-state index < -0.39 is 37.5 Å². The Morgan fingerprint density at radius 2 is 1.39 bits per heavy atom. The second-order valence-corrected chi connectivity index (χ2v) is 3.01. The summed E-state index contributed by atoms with van der Waals surface area (Å²) < 4.78 is 0. The van der Waals surface area contributed by atoms with Gasteiger partial charge in [0.25, 0.3) is 5.69 Å². The van der Waals surface area contributed by atoms with Crippen LogP contribution in [-0.4, -0.2) is 21.8 Å². The fourth-order valence-electron chi connectivity index (χ4n) is 1.24. The number of hydrogen-bond acceptors (Lipinski definition) is 8. The summed E-state index contributed by atoms with van der Waals surface area (Å²) in [6, 6.07) is 1.29. The van der Waals surface area contributed by atoms with E-state index in [0.717, 1.165) is 0 Å². The van der Waals surface area contributed by atoms with Crippen LogP contribution in [0.3, 0.4) is 0 Å². The topological polar surface area (TPSA) is 153 Å². The molecule has 0 saturated carbocycles. The Morgan fingerprint density at radius 1 is 0.944 bits per heavy atom. The number of nitrogens with one attached hydrogen (secondary N) is 2. The van der Waals surface area contributed by atoms with Gasteiger partial charge in [0, 0.05) is 7.05 Å². The Bertz CT molecular complexity index is 494. The van der Waals surface area contributed by atoms with Gasteiger partial charge in [-0.25, -0.2) is 5.43 Å². The smallest absolute Gasteiger partial charge is 0.307 e. The lowest BCUT2D eigenvalue weighted by molar-refractivity contribution is -0.401. The first-order chi connectivity index (χ1) is 8.38. The molecule has 0 fully saturated rings. The Balaban J connectivity index is 3.59. The van der Waals surface area contributed by atoms with Crippen LogP contribution < -0.4 is 10.9 Å². The monoisotopic (exact) mass is 257 g/mol. The normalized spacial score (nSPS) is 9.83. The van der Waals surface area contributed by atoms with E-state index in [1.54, 1.807) is 0 Å². The summed E-state index contributed by atoms with van der Waals surface area (Å²) in [7, 11) is 1.34. The molecule has 18 heavy (non-hydrogen) atoms. The number of anilines is 1. The lowest BCUT2D eigenvalue weighted by atomic mass is 10.2. The molecule has 1 aromatic carbocycles. The van der Waals surface area contributed by atoms with Crippen LogP contribution in [0.25, 0.3) is 0 Å². The molecule has 1 rings (SSSR count). The molecule has 0 aromatic heterocycles. The largest absolute Gasteiger partial charge is 0.310 e. The zero-order valence-electron chi connectivity index (χ0n) is 8.95. The van der Waals surface area contributed by atoms with Gasteiger partial charge in [-0.05, 0) is 0 Å². The second kappa shape index (κ2) is 5.01. The summed E-state index contributed by atoms with van der Waals surface area (Å²) in [5.74, 6) is 0. The molecule has 1 aromatic rings.